The van der Waals surface area contributed by atoms with Gasteiger partial charge in [-0.15, -0.1) is 0 Å². The van der Waals surface area contributed by atoms with Crippen LogP contribution < -0.4 is 0 Å². The second-order valence-electron chi connectivity index (χ2n) is 7.76. The van der Waals surface area contributed by atoms with E-state index in [2.05, 4.69) is 4.98 Å². The Hall–Kier alpha value is -2.15. The molecule has 2 aromatic rings. The first-order valence-corrected chi connectivity index (χ1v) is 10.5. The Morgan fingerprint density at radius 2 is 1.87 bits per heavy atom. The molecule has 4 nitrogen and oxygen atoms in total. The lowest BCUT2D eigenvalue weighted by Gasteiger charge is -2.33. The zero-order valence-corrected chi connectivity index (χ0v) is 17.4. The van der Waals surface area contributed by atoms with Crippen LogP contribution in [0, 0.1) is 11.8 Å². The summed E-state index contributed by atoms with van der Waals surface area (Å²) in [6, 6.07) is 5.55. The van der Waals surface area contributed by atoms with Gasteiger partial charge < -0.3 is 9.47 Å². The molecule has 0 radical (unpaired) electrons. The highest BCUT2D eigenvalue weighted by Gasteiger charge is 2.35. The third kappa shape index (κ3) is 5.12. The number of carbonyl (C=O) groups excluding carboxylic acids is 1. The number of rotatable bonds is 7. The molecular weight excluding hydrogens is 395 g/mol. The maximum atomic E-state index is 13.2. The zero-order valence-electron chi connectivity index (χ0n) is 17.4. The molecule has 30 heavy (non-hydrogen) atoms. The molecule has 0 saturated heterocycles. The van der Waals surface area contributed by atoms with Crippen LogP contribution in [0.4, 0.5) is 13.2 Å². The molecule has 1 saturated carbocycles. The Kier molecular flexibility index (Phi) is 7.34. The number of nitrogens with zero attached hydrogens (tertiary/aromatic N) is 1. The van der Waals surface area contributed by atoms with Crippen LogP contribution in [0.15, 0.2) is 30.5 Å². The normalized spacial score (nSPS) is 20.8. The average molecular weight is 423 g/mol. The molecule has 1 atom stereocenters. The summed E-state index contributed by atoms with van der Waals surface area (Å²) in [5.74, 6) is -0.216. The summed E-state index contributed by atoms with van der Waals surface area (Å²) < 4.78 is 50.3. The molecule has 1 aliphatic rings. The van der Waals surface area contributed by atoms with Gasteiger partial charge in [0.05, 0.1) is 30.2 Å². The molecule has 1 aromatic carbocycles. The molecule has 1 fully saturated rings. The lowest BCUT2D eigenvalue weighted by Crippen LogP contribution is -2.32. The molecule has 164 valence electrons. The van der Waals surface area contributed by atoms with Crippen molar-refractivity contribution in [3.8, 4) is 0 Å². The highest BCUT2D eigenvalue weighted by molar-refractivity contribution is 5.83. The summed E-state index contributed by atoms with van der Waals surface area (Å²) >= 11 is 0. The van der Waals surface area contributed by atoms with E-state index in [1.54, 1.807) is 13.1 Å². The maximum absolute atomic E-state index is 13.2. The quantitative estimate of drug-likeness (QED) is 0.533. The number of esters is 1. The van der Waals surface area contributed by atoms with Gasteiger partial charge in [0, 0.05) is 18.2 Å². The Labute approximate surface area is 174 Å². The lowest BCUT2D eigenvalue weighted by molar-refractivity contribution is -0.153. The third-order valence-corrected chi connectivity index (χ3v) is 5.97. The van der Waals surface area contributed by atoms with Crippen molar-refractivity contribution in [3.63, 3.8) is 0 Å². The van der Waals surface area contributed by atoms with Gasteiger partial charge in [-0.25, -0.2) is 0 Å². The molecule has 1 aliphatic carbocycles. The molecule has 1 aromatic heterocycles. The summed E-state index contributed by atoms with van der Waals surface area (Å²) in [4.78, 5) is 16.6. The molecule has 0 N–H and O–H groups in total. The van der Waals surface area contributed by atoms with Gasteiger partial charge in [-0.2, -0.15) is 13.2 Å². The van der Waals surface area contributed by atoms with Crippen LogP contribution in [0.1, 0.15) is 56.6 Å². The Morgan fingerprint density at radius 3 is 2.50 bits per heavy atom. The first kappa shape index (κ1) is 22.5. The Balaban J connectivity index is 1.78. The van der Waals surface area contributed by atoms with Crippen LogP contribution in [0.25, 0.3) is 10.9 Å². The van der Waals surface area contributed by atoms with Crippen LogP contribution in [-0.4, -0.2) is 30.8 Å². The van der Waals surface area contributed by atoms with Crippen molar-refractivity contribution in [2.75, 3.05) is 19.8 Å². The second-order valence-corrected chi connectivity index (χ2v) is 7.76. The molecule has 0 bridgehead atoms. The minimum Gasteiger partial charge on any atom is -0.466 e. The van der Waals surface area contributed by atoms with Crippen molar-refractivity contribution in [2.24, 2.45) is 11.8 Å². The fourth-order valence-corrected chi connectivity index (χ4v) is 4.42. The number of hydrogen-bond acceptors (Lipinski definition) is 4. The van der Waals surface area contributed by atoms with Crippen LogP contribution in [-0.2, 0) is 20.4 Å². The van der Waals surface area contributed by atoms with E-state index < -0.39 is 11.7 Å². The third-order valence-electron chi connectivity index (χ3n) is 5.97. The first-order valence-electron chi connectivity index (χ1n) is 10.5. The highest BCUT2D eigenvalue weighted by atomic mass is 19.4. The number of benzene rings is 1. The fourth-order valence-electron chi connectivity index (χ4n) is 4.42. The topological polar surface area (TPSA) is 48.4 Å². The molecule has 0 amide bonds. The number of hydrogen-bond donors (Lipinski definition) is 0. The van der Waals surface area contributed by atoms with Crippen LogP contribution in [0.5, 0.6) is 0 Å². The van der Waals surface area contributed by atoms with Crippen molar-refractivity contribution in [2.45, 2.75) is 51.6 Å². The molecule has 3 rings (SSSR count). The SMILES string of the molecule is CCOCC(C(=O)OCC)C1CCC(c2ccnc3ccc(C(F)(F)F)cc23)CC1. The minimum absolute atomic E-state index is 0.144. The second kappa shape index (κ2) is 9.77. The Morgan fingerprint density at radius 1 is 1.13 bits per heavy atom. The predicted molar refractivity (Wildman–Crippen MR) is 108 cm³/mol. The maximum Gasteiger partial charge on any atom is 0.416 e. The number of ether oxygens (including phenoxy) is 2. The van der Waals surface area contributed by atoms with E-state index >= 15 is 0 Å². The van der Waals surface area contributed by atoms with Gasteiger partial charge in [0.15, 0.2) is 0 Å². The van der Waals surface area contributed by atoms with Crippen molar-refractivity contribution >= 4 is 16.9 Å². The lowest BCUT2D eigenvalue weighted by atomic mass is 9.73. The van der Waals surface area contributed by atoms with E-state index in [0.29, 0.717) is 30.7 Å². The number of alkyl halides is 3. The molecule has 1 heterocycles. The van der Waals surface area contributed by atoms with E-state index in [1.807, 2.05) is 13.0 Å². The smallest absolute Gasteiger partial charge is 0.416 e. The van der Waals surface area contributed by atoms with E-state index in [4.69, 9.17) is 9.47 Å². The highest BCUT2D eigenvalue weighted by Crippen LogP contribution is 2.42. The first-order chi connectivity index (χ1) is 14.3. The van der Waals surface area contributed by atoms with E-state index in [1.165, 1.54) is 12.1 Å². The largest absolute Gasteiger partial charge is 0.466 e. The molecule has 0 spiro atoms. The monoisotopic (exact) mass is 423 g/mol. The number of carbonyl (C=O) groups is 1. The predicted octanol–water partition coefficient (Wildman–Crippen LogP) is 5.74. The summed E-state index contributed by atoms with van der Waals surface area (Å²) in [5.41, 5.74) is 0.822. The van der Waals surface area contributed by atoms with Gasteiger partial charge in [-0.3, -0.25) is 9.78 Å². The summed E-state index contributed by atoms with van der Waals surface area (Å²) in [5, 5.41) is 0.562. The molecular formula is C23H28F3NO3. The number of fused-ring (bicyclic) bond motifs is 1. The average Bonchev–Trinajstić information content (AvgIpc) is 2.73. The standard InChI is InChI=1S/C23H28F3NO3/c1-3-29-14-20(22(28)30-4-2)16-7-5-15(6-8-16)18-11-12-27-21-10-9-17(13-19(18)21)23(24,25)26/h9-13,15-16,20H,3-8,14H2,1-2H3. The van der Waals surface area contributed by atoms with Crippen molar-refractivity contribution < 1.29 is 27.4 Å². The van der Waals surface area contributed by atoms with E-state index in [-0.39, 0.29) is 23.7 Å². The number of aromatic nitrogens is 1. The summed E-state index contributed by atoms with van der Waals surface area (Å²) in [7, 11) is 0. The van der Waals surface area contributed by atoms with Gasteiger partial charge in [0.1, 0.15) is 0 Å². The van der Waals surface area contributed by atoms with E-state index in [0.717, 1.165) is 37.3 Å². The number of halogens is 3. The van der Waals surface area contributed by atoms with Gasteiger partial charge in [0.25, 0.3) is 0 Å². The summed E-state index contributed by atoms with van der Waals surface area (Å²) in [6.07, 6.45) is 0.511. The van der Waals surface area contributed by atoms with Crippen LogP contribution in [0.2, 0.25) is 0 Å². The molecule has 0 aliphatic heterocycles. The Bertz CT molecular complexity index is 860. The minimum atomic E-state index is -4.38. The van der Waals surface area contributed by atoms with Gasteiger partial charge in [0.2, 0.25) is 0 Å². The van der Waals surface area contributed by atoms with Crippen LogP contribution in [0.3, 0.4) is 0 Å². The van der Waals surface area contributed by atoms with Gasteiger partial charge in [-0.05, 0) is 81.2 Å². The molecule has 7 heteroatoms. The van der Waals surface area contributed by atoms with Gasteiger partial charge >= 0.3 is 12.1 Å². The van der Waals surface area contributed by atoms with E-state index in [9.17, 15) is 18.0 Å². The fraction of sp³-hybridized carbons (Fsp3) is 0.565. The summed E-state index contributed by atoms with van der Waals surface area (Å²) in [6.45, 7) is 4.90. The van der Waals surface area contributed by atoms with Crippen molar-refractivity contribution in [1.29, 1.82) is 0 Å². The number of pyridine rings is 1. The zero-order chi connectivity index (χ0) is 21.7. The molecule has 1 unspecified atom stereocenters. The van der Waals surface area contributed by atoms with Crippen molar-refractivity contribution in [3.05, 3.63) is 41.6 Å². The van der Waals surface area contributed by atoms with Crippen LogP contribution >= 0.6 is 0 Å². The van der Waals surface area contributed by atoms with Crippen molar-refractivity contribution in [1.82, 2.24) is 4.98 Å². The van der Waals surface area contributed by atoms with Gasteiger partial charge in [-0.1, -0.05) is 0 Å².